The second kappa shape index (κ2) is 5.61. The summed E-state index contributed by atoms with van der Waals surface area (Å²) in [5, 5.41) is 17.6. The first-order valence-corrected chi connectivity index (χ1v) is 6.99. The van der Waals surface area contributed by atoms with Crippen LogP contribution in [0.2, 0.25) is 0 Å². The van der Waals surface area contributed by atoms with Gasteiger partial charge in [0.1, 0.15) is 0 Å². The first-order chi connectivity index (χ1) is 10.1. The Morgan fingerprint density at radius 2 is 2.29 bits per heavy atom. The fraction of sp³-hybridized carbons (Fsp3) is 0.429. The molecule has 0 spiro atoms. The van der Waals surface area contributed by atoms with Gasteiger partial charge in [0.2, 0.25) is 5.91 Å². The average Bonchev–Trinajstić information content (AvgIpc) is 3.07. The molecular weight excluding hydrogens is 268 g/mol. The van der Waals surface area contributed by atoms with E-state index in [1.807, 2.05) is 24.3 Å². The zero-order valence-electron chi connectivity index (χ0n) is 12.1. The summed E-state index contributed by atoms with van der Waals surface area (Å²) in [7, 11) is 1.78. The molecule has 3 rings (SSSR count). The number of aromatic nitrogens is 4. The summed E-state index contributed by atoms with van der Waals surface area (Å²) >= 11 is 0. The number of hydrogen-bond donors (Lipinski definition) is 2. The third-order valence-corrected chi connectivity index (χ3v) is 3.86. The van der Waals surface area contributed by atoms with Crippen molar-refractivity contribution >= 4 is 11.6 Å². The molecule has 21 heavy (non-hydrogen) atoms. The monoisotopic (exact) mass is 286 g/mol. The third kappa shape index (κ3) is 2.78. The van der Waals surface area contributed by atoms with E-state index < -0.39 is 0 Å². The predicted octanol–water partition coefficient (Wildman–Crippen LogP) is 0.671. The van der Waals surface area contributed by atoms with Gasteiger partial charge in [0.15, 0.2) is 5.82 Å². The Bertz CT molecular complexity index is 652. The van der Waals surface area contributed by atoms with Gasteiger partial charge in [0.05, 0.1) is 5.92 Å². The molecule has 2 atom stereocenters. The molecule has 2 aromatic rings. The van der Waals surface area contributed by atoms with Gasteiger partial charge in [-0.2, -0.15) is 0 Å². The van der Waals surface area contributed by atoms with Crippen LogP contribution in [0.5, 0.6) is 0 Å². The normalized spacial score (nSPS) is 21.4. The first-order valence-electron chi connectivity index (χ1n) is 6.99. The third-order valence-electron chi connectivity index (χ3n) is 3.86. The Morgan fingerprint density at radius 3 is 2.95 bits per heavy atom. The highest BCUT2D eigenvalue weighted by Gasteiger charge is 2.29. The molecule has 1 fully saturated rings. The van der Waals surface area contributed by atoms with E-state index >= 15 is 0 Å². The van der Waals surface area contributed by atoms with Crippen LogP contribution in [0.3, 0.4) is 0 Å². The molecule has 2 N–H and O–H groups in total. The van der Waals surface area contributed by atoms with Crippen LogP contribution in [0.25, 0.3) is 11.4 Å². The highest BCUT2D eigenvalue weighted by atomic mass is 16.1. The number of benzene rings is 1. The minimum Gasteiger partial charge on any atom is -0.326 e. The van der Waals surface area contributed by atoms with Crippen molar-refractivity contribution in [1.29, 1.82) is 0 Å². The number of amides is 1. The van der Waals surface area contributed by atoms with Gasteiger partial charge < -0.3 is 10.6 Å². The maximum atomic E-state index is 12.3. The minimum atomic E-state index is 0.0187. The van der Waals surface area contributed by atoms with Crippen LogP contribution in [0, 0.1) is 11.8 Å². The van der Waals surface area contributed by atoms with Crippen molar-refractivity contribution in [2.24, 2.45) is 18.9 Å². The average molecular weight is 286 g/mol. The van der Waals surface area contributed by atoms with E-state index in [0.717, 1.165) is 24.3 Å². The van der Waals surface area contributed by atoms with Crippen molar-refractivity contribution in [3.05, 3.63) is 24.3 Å². The number of tetrazole rings is 1. The Morgan fingerprint density at radius 1 is 1.43 bits per heavy atom. The van der Waals surface area contributed by atoms with Crippen molar-refractivity contribution in [3.63, 3.8) is 0 Å². The zero-order valence-corrected chi connectivity index (χ0v) is 12.1. The smallest absolute Gasteiger partial charge is 0.229 e. The number of aryl methyl sites for hydroxylation is 1. The standard InChI is InChI=1S/C14H18N6O/c1-9-7-15-8-12(9)14(21)16-11-5-3-4-10(6-11)13-17-18-19-20(13)2/h3-6,9,12,15H,7-8H2,1-2H3,(H,16,21). The summed E-state index contributed by atoms with van der Waals surface area (Å²) in [6.45, 7) is 3.72. The van der Waals surface area contributed by atoms with Gasteiger partial charge in [-0.3, -0.25) is 4.79 Å². The molecule has 1 aromatic heterocycles. The maximum absolute atomic E-state index is 12.3. The highest BCUT2D eigenvalue weighted by Crippen LogP contribution is 2.22. The molecule has 7 nitrogen and oxygen atoms in total. The summed E-state index contributed by atoms with van der Waals surface area (Å²) in [4.78, 5) is 12.3. The minimum absolute atomic E-state index is 0.0187. The molecule has 1 amide bonds. The molecule has 1 saturated heterocycles. The van der Waals surface area contributed by atoms with Crippen molar-refractivity contribution in [2.45, 2.75) is 6.92 Å². The quantitative estimate of drug-likeness (QED) is 0.866. The van der Waals surface area contributed by atoms with Gasteiger partial charge in [-0.25, -0.2) is 4.68 Å². The highest BCUT2D eigenvalue weighted by molar-refractivity contribution is 5.93. The Hall–Kier alpha value is -2.28. The molecule has 1 aliphatic rings. The summed E-state index contributed by atoms with van der Waals surface area (Å²) in [5.41, 5.74) is 1.64. The summed E-state index contributed by atoms with van der Waals surface area (Å²) in [5.74, 6) is 1.10. The van der Waals surface area contributed by atoms with E-state index in [9.17, 15) is 4.79 Å². The van der Waals surface area contributed by atoms with Crippen molar-refractivity contribution in [3.8, 4) is 11.4 Å². The lowest BCUT2D eigenvalue weighted by Gasteiger charge is -2.14. The van der Waals surface area contributed by atoms with Gasteiger partial charge >= 0.3 is 0 Å². The van der Waals surface area contributed by atoms with Crippen LogP contribution in [0.4, 0.5) is 5.69 Å². The lowest BCUT2D eigenvalue weighted by molar-refractivity contribution is -0.120. The summed E-state index contributed by atoms with van der Waals surface area (Å²) < 4.78 is 1.60. The first kappa shape index (κ1) is 13.7. The van der Waals surface area contributed by atoms with E-state index in [-0.39, 0.29) is 11.8 Å². The van der Waals surface area contributed by atoms with E-state index in [1.165, 1.54) is 0 Å². The lowest BCUT2D eigenvalue weighted by Crippen LogP contribution is -2.27. The second-order valence-corrected chi connectivity index (χ2v) is 5.44. The largest absolute Gasteiger partial charge is 0.326 e. The number of anilines is 1. The summed E-state index contributed by atoms with van der Waals surface area (Å²) in [6.07, 6.45) is 0. The Kier molecular flexibility index (Phi) is 3.66. The van der Waals surface area contributed by atoms with Gasteiger partial charge in [0, 0.05) is 24.8 Å². The van der Waals surface area contributed by atoms with Crippen LogP contribution in [0.15, 0.2) is 24.3 Å². The lowest BCUT2D eigenvalue weighted by atomic mass is 9.97. The number of rotatable bonds is 3. The summed E-state index contributed by atoms with van der Waals surface area (Å²) in [6, 6.07) is 7.56. The van der Waals surface area contributed by atoms with E-state index in [1.54, 1.807) is 11.7 Å². The topological polar surface area (TPSA) is 84.7 Å². The number of hydrogen-bond acceptors (Lipinski definition) is 5. The maximum Gasteiger partial charge on any atom is 0.229 e. The molecular formula is C14H18N6O. The van der Waals surface area contributed by atoms with Crippen LogP contribution >= 0.6 is 0 Å². The number of nitrogens with zero attached hydrogens (tertiary/aromatic N) is 4. The second-order valence-electron chi connectivity index (χ2n) is 5.44. The SMILES string of the molecule is CC1CNCC1C(=O)Nc1cccc(-c2nnnn2C)c1. The van der Waals surface area contributed by atoms with Crippen molar-refractivity contribution in [1.82, 2.24) is 25.5 Å². The Balaban J connectivity index is 1.77. The van der Waals surface area contributed by atoms with Gasteiger partial charge in [-0.15, -0.1) is 5.10 Å². The number of carbonyl (C=O) groups is 1. The molecule has 110 valence electrons. The van der Waals surface area contributed by atoms with E-state index in [2.05, 4.69) is 33.1 Å². The molecule has 1 aromatic carbocycles. The van der Waals surface area contributed by atoms with Crippen molar-refractivity contribution in [2.75, 3.05) is 18.4 Å². The van der Waals surface area contributed by atoms with Crippen molar-refractivity contribution < 1.29 is 4.79 Å². The molecule has 2 unspecified atom stereocenters. The molecule has 7 heteroatoms. The van der Waals surface area contributed by atoms with Crippen LogP contribution < -0.4 is 10.6 Å². The fourth-order valence-corrected chi connectivity index (χ4v) is 2.61. The fourth-order valence-electron chi connectivity index (χ4n) is 2.61. The zero-order chi connectivity index (χ0) is 14.8. The van der Waals surface area contributed by atoms with Crippen LogP contribution in [-0.4, -0.2) is 39.2 Å². The van der Waals surface area contributed by atoms with Gasteiger partial charge in [-0.1, -0.05) is 19.1 Å². The molecule has 2 heterocycles. The van der Waals surface area contributed by atoms with Gasteiger partial charge in [0.25, 0.3) is 0 Å². The molecule has 0 saturated carbocycles. The van der Waals surface area contributed by atoms with Gasteiger partial charge in [-0.05, 0) is 35.0 Å². The van der Waals surface area contributed by atoms with Crippen LogP contribution in [-0.2, 0) is 11.8 Å². The molecule has 0 bridgehead atoms. The number of nitrogens with one attached hydrogen (secondary N) is 2. The number of carbonyl (C=O) groups excluding carboxylic acids is 1. The predicted molar refractivity (Wildman–Crippen MR) is 78.4 cm³/mol. The molecule has 0 radical (unpaired) electrons. The Labute approximate surface area is 122 Å². The van der Waals surface area contributed by atoms with Crippen LogP contribution in [0.1, 0.15) is 6.92 Å². The van der Waals surface area contributed by atoms with E-state index in [0.29, 0.717) is 11.7 Å². The molecule has 0 aliphatic carbocycles. The molecule has 1 aliphatic heterocycles. The van der Waals surface area contributed by atoms with E-state index in [4.69, 9.17) is 0 Å².